The Bertz CT molecular complexity index is 889. The molecule has 2 aromatic carbocycles. The van der Waals surface area contributed by atoms with Crippen molar-refractivity contribution in [2.24, 2.45) is 0 Å². The second-order valence-electron chi connectivity index (χ2n) is 8.15. The molecule has 0 aliphatic carbocycles. The lowest BCUT2D eigenvalue weighted by Crippen LogP contribution is -2.44. The summed E-state index contributed by atoms with van der Waals surface area (Å²) >= 11 is 5.74. The van der Waals surface area contributed by atoms with Crippen molar-refractivity contribution in [3.05, 3.63) is 70.2 Å². The van der Waals surface area contributed by atoms with Crippen molar-refractivity contribution >= 4 is 17.5 Å². The molecule has 0 aromatic heterocycles. The third-order valence-corrected chi connectivity index (χ3v) is 6.71. The van der Waals surface area contributed by atoms with E-state index in [2.05, 4.69) is 4.90 Å². The van der Waals surface area contributed by atoms with Crippen molar-refractivity contribution in [3.8, 4) is 0 Å². The van der Waals surface area contributed by atoms with Crippen molar-refractivity contribution in [1.82, 2.24) is 9.80 Å². The van der Waals surface area contributed by atoms with Crippen LogP contribution in [-0.2, 0) is 6.54 Å². The van der Waals surface area contributed by atoms with E-state index in [1.54, 1.807) is 6.07 Å². The molecule has 6 heteroatoms. The van der Waals surface area contributed by atoms with Gasteiger partial charge in [-0.3, -0.25) is 9.69 Å². The zero-order chi connectivity index (χ0) is 20.4. The van der Waals surface area contributed by atoms with Gasteiger partial charge in [-0.05, 0) is 74.5 Å². The van der Waals surface area contributed by atoms with E-state index in [9.17, 15) is 13.6 Å². The van der Waals surface area contributed by atoms with Gasteiger partial charge in [0.1, 0.15) is 11.6 Å². The number of likely N-dealkylation sites (tertiary alicyclic amines) is 2. The number of rotatable bonds is 3. The number of nitrogens with zero attached hydrogens (tertiary/aromatic N) is 2. The summed E-state index contributed by atoms with van der Waals surface area (Å²) < 4.78 is 27.0. The molecular weight excluding hydrogens is 394 g/mol. The van der Waals surface area contributed by atoms with Crippen molar-refractivity contribution in [1.29, 1.82) is 0 Å². The first-order valence-electron chi connectivity index (χ1n) is 10.2. The SMILES string of the molecule is O=C(c1ccc(Cl)c(F)c1)N1CCC[C@]2(CCCN2Cc2ccc(F)cc2)CC1. The van der Waals surface area contributed by atoms with Crippen LogP contribution >= 0.6 is 11.6 Å². The summed E-state index contributed by atoms with van der Waals surface area (Å²) in [5, 5.41) is 0.0266. The van der Waals surface area contributed by atoms with Crippen LogP contribution in [0.2, 0.25) is 5.02 Å². The van der Waals surface area contributed by atoms with Gasteiger partial charge >= 0.3 is 0 Å². The molecule has 1 atom stereocenters. The lowest BCUT2D eigenvalue weighted by Gasteiger charge is -2.38. The Morgan fingerprint density at radius 2 is 1.69 bits per heavy atom. The van der Waals surface area contributed by atoms with Gasteiger partial charge in [0.05, 0.1) is 5.02 Å². The summed E-state index contributed by atoms with van der Waals surface area (Å²) in [5.74, 6) is -0.919. The van der Waals surface area contributed by atoms with Crippen molar-refractivity contribution in [3.63, 3.8) is 0 Å². The molecule has 3 nitrogen and oxygen atoms in total. The van der Waals surface area contributed by atoms with Crippen molar-refractivity contribution in [2.45, 2.75) is 44.2 Å². The van der Waals surface area contributed by atoms with Gasteiger partial charge in [0.25, 0.3) is 5.91 Å². The molecular formula is C23H25ClF2N2O. The minimum Gasteiger partial charge on any atom is -0.339 e. The fourth-order valence-corrected chi connectivity index (χ4v) is 4.93. The Morgan fingerprint density at radius 1 is 0.966 bits per heavy atom. The summed E-state index contributed by atoms with van der Waals surface area (Å²) in [6.45, 7) is 3.16. The van der Waals surface area contributed by atoms with E-state index >= 15 is 0 Å². The van der Waals surface area contributed by atoms with Gasteiger partial charge in [-0.1, -0.05) is 23.7 Å². The van der Waals surface area contributed by atoms with Crippen LogP contribution in [0.5, 0.6) is 0 Å². The van der Waals surface area contributed by atoms with Crippen molar-refractivity contribution < 1.29 is 13.6 Å². The normalized spacial score (nSPS) is 22.8. The van der Waals surface area contributed by atoms with Gasteiger partial charge in [-0.15, -0.1) is 0 Å². The summed E-state index contributed by atoms with van der Waals surface area (Å²) in [6, 6.07) is 11.0. The van der Waals surface area contributed by atoms with Crippen LogP contribution < -0.4 is 0 Å². The summed E-state index contributed by atoms with van der Waals surface area (Å²) in [6.07, 6.45) is 5.11. The quantitative estimate of drug-likeness (QED) is 0.677. The summed E-state index contributed by atoms with van der Waals surface area (Å²) in [7, 11) is 0. The fraction of sp³-hybridized carbons (Fsp3) is 0.435. The third kappa shape index (κ3) is 4.31. The minimum absolute atomic E-state index is 0.0266. The lowest BCUT2D eigenvalue weighted by atomic mass is 9.87. The largest absolute Gasteiger partial charge is 0.339 e. The maximum atomic E-state index is 13.8. The highest BCUT2D eigenvalue weighted by Crippen LogP contribution is 2.39. The number of carbonyl (C=O) groups excluding carboxylic acids is 1. The summed E-state index contributed by atoms with van der Waals surface area (Å²) in [4.78, 5) is 17.2. The van der Waals surface area contributed by atoms with E-state index in [0.717, 1.165) is 50.8 Å². The first-order chi connectivity index (χ1) is 14.0. The van der Waals surface area contributed by atoms with Crippen LogP contribution in [0.15, 0.2) is 42.5 Å². The van der Waals surface area contributed by atoms with Gasteiger partial charge in [0, 0.05) is 30.7 Å². The second-order valence-corrected chi connectivity index (χ2v) is 8.56. The van der Waals surface area contributed by atoms with E-state index < -0.39 is 5.82 Å². The molecule has 2 saturated heterocycles. The van der Waals surface area contributed by atoms with E-state index in [-0.39, 0.29) is 22.3 Å². The minimum atomic E-state index is -0.565. The van der Waals surface area contributed by atoms with E-state index in [1.807, 2.05) is 17.0 Å². The van der Waals surface area contributed by atoms with Gasteiger partial charge in [-0.2, -0.15) is 0 Å². The highest BCUT2D eigenvalue weighted by Gasteiger charge is 2.42. The Labute approximate surface area is 175 Å². The van der Waals surface area contributed by atoms with Gasteiger partial charge in [-0.25, -0.2) is 8.78 Å². The predicted molar refractivity (Wildman–Crippen MR) is 110 cm³/mol. The molecule has 1 spiro atoms. The maximum Gasteiger partial charge on any atom is 0.253 e. The average molecular weight is 419 g/mol. The molecule has 4 rings (SSSR count). The van der Waals surface area contributed by atoms with Crippen LogP contribution in [0.1, 0.15) is 48.0 Å². The third-order valence-electron chi connectivity index (χ3n) is 6.40. The van der Waals surface area contributed by atoms with Gasteiger partial charge in [0.2, 0.25) is 0 Å². The molecule has 2 aromatic rings. The average Bonchev–Trinajstić information content (AvgIpc) is 2.96. The van der Waals surface area contributed by atoms with Crippen LogP contribution in [0.4, 0.5) is 8.78 Å². The van der Waals surface area contributed by atoms with Crippen LogP contribution in [0, 0.1) is 11.6 Å². The zero-order valence-electron chi connectivity index (χ0n) is 16.3. The Hall–Kier alpha value is -1.98. The molecule has 0 saturated carbocycles. The molecule has 29 heavy (non-hydrogen) atoms. The number of benzene rings is 2. The Morgan fingerprint density at radius 3 is 2.41 bits per heavy atom. The molecule has 154 valence electrons. The molecule has 2 aliphatic heterocycles. The molecule has 0 radical (unpaired) electrons. The van der Waals surface area contributed by atoms with Gasteiger partial charge in [0.15, 0.2) is 0 Å². The standard InChI is InChI=1S/C23H25ClF2N2O/c24-20-8-5-18(15-21(20)26)22(29)27-12-1-9-23(11-14-27)10-2-13-28(23)16-17-3-6-19(25)7-4-17/h3-8,15H,1-2,9-14,16H2/t23-/m0/s1. The molecule has 0 bridgehead atoms. The van der Waals surface area contributed by atoms with Crippen LogP contribution in [-0.4, -0.2) is 40.9 Å². The summed E-state index contributed by atoms with van der Waals surface area (Å²) in [5.41, 5.74) is 1.54. The number of amides is 1. The molecule has 0 unspecified atom stereocenters. The molecule has 2 heterocycles. The number of hydrogen-bond donors (Lipinski definition) is 0. The van der Waals surface area contributed by atoms with E-state index in [0.29, 0.717) is 18.7 Å². The highest BCUT2D eigenvalue weighted by atomic mass is 35.5. The molecule has 1 amide bonds. The van der Waals surface area contributed by atoms with Crippen LogP contribution in [0.25, 0.3) is 0 Å². The fourth-order valence-electron chi connectivity index (χ4n) is 4.81. The van der Waals surface area contributed by atoms with E-state index in [4.69, 9.17) is 11.6 Å². The van der Waals surface area contributed by atoms with Gasteiger partial charge < -0.3 is 4.90 Å². The molecule has 2 aliphatic rings. The molecule has 0 N–H and O–H groups in total. The number of halogens is 3. The topological polar surface area (TPSA) is 23.6 Å². The lowest BCUT2D eigenvalue weighted by molar-refractivity contribution is 0.0737. The highest BCUT2D eigenvalue weighted by molar-refractivity contribution is 6.30. The van der Waals surface area contributed by atoms with E-state index in [1.165, 1.54) is 24.3 Å². The smallest absolute Gasteiger partial charge is 0.253 e. The first-order valence-corrected chi connectivity index (χ1v) is 10.6. The predicted octanol–water partition coefficient (Wildman–Crippen LogP) is 5.28. The Kier molecular flexibility index (Phi) is 5.88. The molecule has 2 fully saturated rings. The van der Waals surface area contributed by atoms with Crippen LogP contribution in [0.3, 0.4) is 0 Å². The monoisotopic (exact) mass is 418 g/mol. The zero-order valence-corrected chi connectivity index (χ0v) is 17.1. The first kappa shape index (κ1) is 20.3. The number of carbonyl (C=O) groups is 1. The maximum absolute atomic E-state index is 13.8. The Balaban J connectivity index is 1.46. The number of hydrogen-bond acceptors (Lipinski definition) is 2. The van der Waals surface area contributed by atoms with Crippen molar-refractivity contribution in [2.75, 3.05) is 19.6 Å². The second kappa shape index (κ2) is 8.41.